The summed E-state index contributed by atoms with van der Waals surface area (Å²) in [6, 6.07) is 9.30. The molecule has 1 fully saturated rings. The van der Waals surface area contributed by atoms with Crippen molar-refractivity contribution in [1.82, 2.24) is 4.90 Å². The molecule has 0 radical (unpaired) electrons. The molecule has 1 aromatic carbocycles. The molecule has 0 amide bonds. The van der Waals surface area contributed by atoms with Crippen molar-refractivity contribution in [1.29, 1.82) is 0 Å². The monoisotopic (exact) mass is 363 g/mol. The highest BCUT2D eigenvalue weighted by Gasteiger charge is 2.31. The van der Waals surface area contributed by atoms with E-state index in [2.05, 4.69) is 54.3 Å². The first-order chi connectivity index (χ1) is 13.3. The third-order valence-electron chi connectivity index (χ3n) is 5.85. The van der Waals surface area contributed by atoms with E-state index in [1.165, 1.54) is 29.5 Å². The average Bonchev–Trinajstić information content (AvgIpc) is 2.74. The van der Waals surface area contributed by atoms with Gasteiger partial charge in [0.05, 0.1) is 6.04 Å². The van der Waals surface area contributed by atoms with Crippen molar-refractivity contribution < 1.29 is 9.47 Å². The normalized spacial score (nSPS) is 23.8. The van der Waals surface area contributed by atoms with Gasteiger partial charge in [0.25, 0.3) is 0 Å². The predicted molar refractivity (Wildman–Crippen MR) is 109 cm³/mol. The number of aryl methyl sites for hydroxylation is 1. The van der Waals surface area contributed by atoms with Gasteiger partial charge >= 0.3 is 0 Å². The van der Waals surface area contributed by atoms with E-state index in [1.54, 1.807) is 18.8 Å². The fourth-order valence-corrected chi connectivity index (χ4v) is 4.31. The van der Waals surface area contributed by atoms with Crippen LogP contribution in [0.5, 0.6) is 0 Å². The highest BCUT2D eigenvalue weighted by molar-refractivity contribution is 5.26. The molecule has 1 aliphatic carbocycles. The standard InChI is InChI=1S/C24H29NO2/c1-19-9-11-21(12-10-19)22-8-5-13-25(17-22)23(24-18-26-14-15-27-24)16-20-6-3-2-4-7-20/h2-3,6,9-12,14-15,18,22-23H,4-5,7-8,13,16-17H2,1H3. The Bertz CT molecular complexity index is 757. The SMILES string of the molecule is Cc1ccc(C2CCCN(C(CC3=CC=CCC3)C3=COC=CO3)C2)cc1. The van der Waals surface area contributed by atoms with Crippen LogP contribution in [0.15, 0.2) is 72.6 Å². The van der Waals surface area contributed by atoms with E-state index < -0.39 is 0 Å². The molecule has 0 saturated carbocycles. The van der Waals surface area contributed by atoms with Crippen LogP contribution >= 0.6 is 0 Å². The summed E-state index contributed by atoms with van der Waals surface area (Å²) < 4.78 is 11.3. The molecule has 2 heterocycles. The molecule has 2 atom stereocenters. The third kappa shape index (κ3) is 4.54. The summed E-state index contributed by atoms with van der Waals surface area (Å²) in [4.78, 5) is 2.60. The number of likely N-dealkylation sites (tertiary alicyclic amines) is 1. The molecule has 3 aliphatic rings. The first kappa shape index (κ1) is 18.1. The molecule has 0 N–H and O–H groups in total. The molecule has 0 aromatic heterocycles. The molecule has 3 heteroatoms. The van der Waals surface area contributed by atoms with Gasteiger partial charge in [-0.25, -0.2) is 0 Å². The topological polar surface area (TPSA) is 21.7 Å². The lowest BCUT2D eigenvalue weighted by molar-refractivity contribution is 0.115. The number of hydrogen-bond donors (Lipinski definition) is 0. The second-order valence-electron chi connectivity index (χ2n) is 7.80. The van der Waals surface area contributed by atoms with Crippen molar-refractivity contribution in [2.24, 2.45) is 0 Å². The second-order valence-corrected chi connectivity index (χ2v) is 7.80. The number of nitrogens with zero attached hydrogens (tertiary/aromatic N) is 1. The Kier molecular flexibility index (Phi) is 5.78. The molecule has 0 bridgehead atoms. The number of hydrogen-bond acceptors (Lipinski definition) is 3. The van der Waals surface area contributed by atoms with Gasteiger partial charge in [0.15, 0.2) is 5.76 Å². The number of ether oxygens (including phenoxy) is 2. The van der Waals surface area contributed by atoms with Gasteiger partial charge in [-0.05, 0) is 57.1 Å². The summed E-state index contributed by atoms with van der Waals surface area (Å²) in [7, 11) is 0. The lowest BCUT2D eigenvalue weighted by Crippen LogP contribution is -2.43. The summed E-state index contributed by atoms with van der Waals surface area (Å²) >= 11 is 0. The maximum atomic E-state index is 5.86. The van der Waals surface area contributed by atoms with Crippen molar-refractivity contribution in [2.45, 2.75) is 51.0 Å². The fraction of sp³-hybridized carbons (Fsp3) is 0.417. The first-order valence-corrected chi connectivity index (χ1v) is 10.1. The molecule has 0 spiro atoms. The van der Waals surface area contributed by atoms with Crippen LogP contribution in [0.1, 0.15) is 49.1 Å². The van der Waals surface area contributed by atoms with E-state index in [0.717, 1.165) is 38.1 Å². The van der Waals surface area contributed by atoms with Gasteiger partial charge in [-0.15, -0.1) is 0 Å². The van der Waals surface area contributed by atoms with Crippen molar-refractivity contribution in [3.05, 3.63) is 83.7 Å². The van der Waals surface area contributed by atoms with E-state index >= 15 is 0 Å². The molecule has 3 nitrogen and oxygen atoms in total. The van der Waals surface area contributed by atoms with Gasteiger partial charge in [0, 0.05) is 6.54 Å². The maximum Gasteiger partial charge on any atom is 0.156 e. The summed E-state index contributed by atoms with van der Waals surface area (Å²) in [5.41, 5.74) is 4.28. The van der Waals surface area contributed by atoms with Crippen LogP contribution in [0, 0.1) is 6.92 Å². The molecule has 2 unspecified atom stereocenters. The molecule has 27 heavy (non-hydrogen) atoms. The van der Waals surface area contributed by atoms with E-state index in [1.807, 2.05) is 0 Å². The Hall–Kier alpha value is -2.26. The largest absolute Gasteiger partial charge is 0.466 e. The van der Waals surface area contributed by atoms with Crippen molar-refractivity contribution in [3.8, 4) is 0 Å². The quantitative estimate of drug-likeness (QED) is 0.683. The number of rotatable bonds is 5. The lowest BCUT2D eigenvalue weighted by Gasteiger charge is -2.39. The Labute approximate surface area is 162 Å². The zero-order chi connectivity index (χ0) is 18.5. The van der Waals surface area contributed by atoms with E-state index in [4.69, 9.17) is 9.47 Å². The van der Waals surface area contributed by atoms with Crippen LogP contribution in [0.25, 0.3) is 0 Å². The van der Waals surface area contributed by atoms with Gasteiger partial charge in [0.2, 0.25) is 0 Å². The van der Waals surface area contributed by atoms with E-state index in [-0.39, 0.29) is 6.04 Å². The Morgan fingerprint density at radius 3 is 2.81 bits per heavy atom. The van der Waals surface area contributed by atoms with Gasteiger partial charge in [-0.2, -0.15) is 0 Å². The average molecular weight is 364 g/mol. The third-order valence-corrected chi connectivity index (χ3v) is 5.85. The van der Waals surface area contributed by atoms with E-state index in [0.29, 0.717) is 5.92 Å². The molecular formula is C24H29NO2. The van der Waals surface area contributed by atoms with Crippen LogP contribution in [0.2, 0.25) is 0 Å². The van der Waals surface area contributed by atoms with Crippen LogP contribution < -0.4 is 0 Å². The predicted octanol–water partition coefficient (Wildman–Crippen LogP) is 5.57. The van der Waals surface area contributed by atoms with Crippen molar-refractivity contribution in [2.75, 3.05) is 13.1 Å². The zero-order valence-corrected chi connectivity index (χ0v) is 16.1. The second kappa shape index (κ2) is 8.62. The molecular weight excluding hydrogens is 334 g/mol. The molecule has 1 aromatic rings. The fourth-order valence-electron chi connectivity index (χ4n) is 4.31. The highest BCUT2D eigenvalue weighted by Crippen LogP contribution is 2.33. The Morgan fingerprint density at radius 1 is 1.19 bits per heavy atom. The number of allylic oxidation sites excluding steroid dienone is 3. The maximum absolute atomic E-state index is 5.86. The summed E-state index contributed by atoms with van der Waals surface area (Å²) in [6.45, 7) is 4.33. The van der Waals surface area contributed by atoms with Gasteiger partial charge < -0.3 is 9.47 Å². The minimum Gasteiger partial charge on any atom is -0.466 e. The van der Waals surface area contributed by atoms with Crippen LogP contribution in [-0.4, -0.2) is 24.0 Å². The zero-order valence-electron chi connectivity index (χ0n) is 16.1. The van der Waals surface area contributed by atoms with Crippen LogP contribution in [-0.2, 0) is 9.47 Å². The minimum absolute atomic E-state index is 0.237. The van der Waals surface area contributed by atoms with Crippen LogP contribution in [0.4, 0.5) is 0 Å². The van der Waals surface area contributed by atoms with Gasteiger partial charge in [-0.1, -0.05) is 53.6 Å². The van der Waals surface area contributed by atoms with Crippen molar-refractivity contribution >= 4 is 0 Å². The number of benzene rings is 1. The van der Waals surface area contributed by atoms with Gasteiger partial charge in [-0.3, -0.25) is 4.90 Å². The molecule has 1 saturated heterocycles. The Morgan fingerprint density at radius 2 is 2.07 bits per heavy atom. The summed E-state index contributed by atoms with van der Waals surface area (Å²) in [5.74, 6) is 1.51. The lowest BCUT2D eigenvalue weighted by atomic mass is 9.88. The van der Waals surface area contributed by atoms with E-state index in [9.17, 15) is 0 Å². The summed E-state index contributed by atoms with van der Waals surface area (Å²) in [5, 5.41) is 0. The smallest absolute Gasteiger partial charge is 0.156 e. The van der Waals surface area contributed by atoms with Crippen LogP contribution in [0.3, 0.4) is 0 Å². The first-order valence-electron chi connectivity index (χ1n) is 10.1. The summed E-state index contributed by atoms with van der Waals surface area (Å²) in [6.07, 6.45) is 17.5. The van der Waals surface area contributed by atoms with Crippen molar-refractivity contribution in [3.63, 3.8) is 0 Å². The molecule has 2 aliphatic heterocycles. The minimum atomic E-state index is 0.237. The Balaban J connectivity index is 1.53. The highest BCUT2D eigenvalue weighted by atomic mass is 16.5. The molecule has 142 valence electrons. The molecule has 4 rings (SSSR count). The number of piperidine rings is 1. The van der Waals surface area contributed by atoms with Gasteiger partial charge in [0.1, 0.15) is 18.8 Å².